The number of nitrogens with one attached hydrogen (secondary N) is 1. The van der Waals surface area contributed by atoms with Gasteiger partial charge in [-0.25, -0.2) is 5.01 Å². The molecule has 0 fully saturated rings. The second kappa shape index (κ2) is 8.92. The highest BCUT2D eigenvalue weighted by Gasteiger charge is 2.38. The summed E-state index contributed by atoms with van der Waals surface area (Å²) in [6.45, 7) is 0.254. The second-order valence-corrected chi connectivity index (χ2v) is 8.74. The number of fused-ring (bicyclic) bond motifs is 2. The summed E-state index contributed by atoms with van der Waals surface area (Å²) in [4.78, 5) is 27.9. The Bertz CT molecular complexity index is 1420. The van der Waals surface area contributed by atoms with Crippen LogP contribution in [0.25, 0.3) is 11.0 Å². The smallest absolute Gasteiger partial charge is 0.262 e. The van der Waals surface area contributed by atoms with E-state index in [0.717, 1.165) is 16.7 Å². The van der Waals surface area contributed by atoms with Crippen LogP contribution in [-0.2, 0) is 9.59 Å². The van der Waals surface area contributed by atoms with Gasteiger partial charge in [0.2, 0.25) is 0 Å². The van der Waals surface area contributed by atoms with Crippen LogP contribution in [0.3, 0.4) is 0 Å². The number of hydrazone groups is 1. The van der Waals surface area contributed by atoms with E-state index in [9.17, 15) is 9.59 Å². The molecule has 2 atom stereocenters. The summed E-state index contributed by atoms with van der Waals surface area (Å²) in [5.41, 5.74) is 2.19. The zero-order valence-electron chi connectivity index (χ0n) is 19.6. The lowest BCUT2D eigenvalue weighted by atomic mass is 10.1. The van der Waals surface area contributed by atoms with Gasteiger partial charge in [-0.2, -0.15) is 5.10 Å². The maximum Gasteiger partial charge on any atom is 0.262 e. The quantitative estimate of drug-likeness (QED) is 0.464. The van der Waals surface area contributed by atoms with E-state index in [0.29, 0.717) is 29.4 Å². The molecule has 2 aromatic carbocycles. The fourth-order valence-electron chi connectivity index (χ4n) is 4.71. The van der Waals surface area contributed by atoms with Crippen molar-refractivity contribution in [1.82, 2.24) is 10.3 Å². The third kappa shape index (κ3) is 3.88. The predicted molar refractivity (Wildman–Crippen MR) is 133 cm³/mol. The standard InChI is InChI=1S/C27H24N4O5/c1-28-27(33)25-15-30(19-8-3-5-10-23(19)36-25)16-26(32)31-20(22-11-6-12-34-22)14-18(29-31)24-13-17-7-2-4-9-21(17)35-24/h2-13,20,25H,14-16H2,1H3,(H,28,33). The summed E-state index contributed by atoms with van der Waals surface area (Å²) in [6, 6.07) is 20.3. The van der Waals surface area contributed by atoms with E-state index in [1.165, 1.54) is 5.01 Å². The molecule has 0 saturated heterocycles. The van der Waals surface area contributed by atoms with Crippen molar-refractivity contribution >= 4 is 34.2 Å². The maximum absolute atomic E-state index is 13.7. The molecule has 4 aromatic rings. The number of ether oxygens (including phenoxy) is 1. The molecule has 36 heavy (non-hydrogen) atoms. The van der Waals surface area contributed by atoms with E-state index in [-0.39, 0.29) is 24.9 Å². The third-order valence-electron chi connectivity index (χ3n) is 6.47. The predicted octanol–water partition coefficient (Wildman–Crippen LogP) is 3.72. The number of anilines is 1. The largest absolute Gasteiger partial charge is 0.477 e. The van der Waals surface area contributed by atoms with E-state index in [2.05, 4.69) is 5.32 Å². The molecule has 2 unspecified atom stereocenters. The Morgan fingerprint density at radius 2 is 1.92 bits per heavy atom. The van der Waals surface area contributed by atoms with Gasteiger partial charge in [-0.05, 0) is 36.4 Å². The molecule has 182 valence electrons. The minimum Gasteiger partial charge on any atom is -0.477 e. The number of hydrogen-bond acceptors (Lipinski definition) is 7. The normalized spacial score (nSPS) is 19.1. The molecule has 2 aliphatic rings. The zero-order chi connectivity index (χ0) is 24.6. The number of likely N-dealkylation sites (N-methyl/N-ethyl adjacent to an activating group) is 1. The highest BCUT2D eigenvalue weighted by Crippen LogP contribution is 2.36. The van der Waals surface area contributed by atoms with Crippen LogP contribution in [0.15, 0.2) is 86.9 Å². The first-order chi connectivity index (χ1) is 17.6. The average molecular weight is 485 g/mol. The Kier molecular flexibility index (Phi) is 5.44. The van der Waals surface area contributed by atoms with Gasteiger partial charge < -0.3 is 23.8 Å². The molecule has 2 amide bonds. The van der Waals surface area contributed by atoms with Crippen LogP contribution in [-0.4, -0.2) is 48.8 Å². The molecule has 6 rings (SSSR count). The average Bonchev–Trinajstić information content (AvgIpc) is 3.67. The van der Waals surface area contributed by atoms with Gasteiger partial charge in [-0.3, -0.25) is 9.59 Å². The number of carbonyl (C=O) groups excluding carboxylic acids is 2. The molecule has 2 aromatic heterocycles. The van der Waals surface area contributed by atoms with Crippen LogP contribution in [0.5, 0.6) is 5.75 Å². The lowest BCUT2D eigenvalue weighted by Crippen LogP contribution is -2.50. The Hall–Kier alpha value is -4.53. The summed E-state index contributed by atoms with van der Waals surface area (Å²) in [5, 5.41) is 9.76. The van der Waals surface area contributed by atoms with Crippen molar-refractivity contribution in [3.63, 3.8) is 0 Å². The molecule has 0 saturated carbocycles. The van der Waals surface area contributed by atoms with E-state index in [1.54, 1.807) is 25.4 Å². The topological polar surface area (TPSA) is 101 Å². The molecule has 9 heteroatoms. The molecule has 4 heterocycles. The third-order valence-corrected chi connectivity index (χ3v) is 6.47. The number of carbonyl (C=O) groups is 2. The zero-order valence-corrected chi connectivity index (χ0v) is 19.6. The number of hydrogen-bond donors (Lipinski definition) is 1. The Morgan fingerprint density at radius 1 is 1.08 bits per heavy atom. The van der Waals surface area contributed by atoms with Gasteiger partial charge in [0.15, 0.2) is 11.9 Å². The summed E-state index contributed by atoms with van der Waals surface area (Å²) in [5.74, 6) is 1.35. The van der Waals surface area contributed by atoms with Gasteiger partial charge in [0.05, 0.1) is 25.0 Å². The molecule has 0 bridgehead atoms. The van der Waals surface area contributed by atoms with Gasteiger partial charge in [0, 0.05) is 18.9 Å². The highest BCUT2D eigenvalue weighted by atomic mass is 16.5. The van der Waals surface area contributed by atoms with Crippen LogP contribution in [0, 0.1) is 0 Å². The number of nitrogens with zero attached hydrogens (tertiary/aromatic N) is 3. The molecule has 0 spiro atoms. The summed E-state index contributed by atoms with van der Waals surface area (Å²) < 4.78 is 17.6. The lowest BCUT2D eigenvalue weighted by Gasteiger charge is -2.35. The van der Waals surface area contributed by atoms with Gasteiger partial charge in [-0.15, -0.1) is 0 Å². The van der Waals surface area contributed by atoms with Crippen LogP contribution in [0.4, 0.5) is 5.69 Å². The van der Waals surface area contributed by atoms with Gasteiger partial charge in [0.25, 0.3) is 11.8 Å². The number of furan rings is 2. The van der Waals surface area contributed by atoms with Crippen molar-refractivity contribution in [2.24, 2.45) is 5.10 Å². The van der Waals surface area contributed by atoms with Crippen molar-refractivity contribution in [3.05, 3.63) is 84.5 Å². The van der Waals surface area contributed by atoms with Crippen LogP contribution < -0.4 is 15.0 Å². The number of benzene rings is 2. The molecular formula is C27H24N4O5. The fourth-order valence-corrected chi connectivity index (χ4v) is 4.71. The SMILES string of the molecule is CNC(=O)C1CN(CC(=O)N2N=C(c3cc4ccccc4o3)CC2c2ccco2)c2ccccc2O1. The highest BCUT2D eigenvalue weighted by molar-refractivity contribution is 6.04. The maximum atomic E-state index is 13.7. The van der Waals surface area contributed by atoms with Gasteiger partial charge in [-0.1, -0.05) is 30.3 Å². The Balaban J connectivity index is 1.31. The van der Waals surface area contributed by atoms with Crippen LogP contribution in [0.1, 0.15) is 24.0 Å². The van der Waals surface area contributed by atoms with Gasteiger partial charge in [0.1, 0.15) is 28.8 Å². The minimum absolute atomic E-state index is 0.0159. The molecule has 0 radical (unpaired) electrons. The van der Waals surface area contributed by atoms with E-state index in [4.69, 9.17) is 18.7 Å². The summed E-state index contributed by atoms with van der Waals surface area (Å²) >= 11 is 0. The van der Waals surface area contributed by atoms with Crippen LogP contribution >= 0.6 is 0 Å². The van der Waals surface area contributed by atoms with E-state index < -0.39 is 12.1 Å². The Morgan fingerprint density at radius 3 is 2.72 bits per heavy atom. The van der Waals surface area contributed by atoms with Crippen LogP contribution in [0.2, 0.25) is 0 Å². The molecule has 9 nitrogen and oxygen atoms in total. The molecule has 2 aliphatic heterocycles. The van der Waals surface area contributed by atoms with E-state index >= 15 is 0 Å². The molecule has 1 N–H and O–H groups in total. The van der Waals surface area contributed by atoms with Crippen molar-refractivity contribution in [2.45, 2.75) is 18.6 Å². The Labute approximate surface area is 206 Å². The molecule has 0 aliphatic carbocycles. The van der Waals surface area contributed by atoms with Crippen molar-refractivity contribution in [2.75, 3.05) is 25.0 Å². The van der Waals surface area contributed by atoms with E-state index in [1.807, 2.05) is 59.5 Å². The first-order valence-electron chi connectivity index (χ1n) is 11.7. The first kappa shape index (κ1) is 22.0. The van der Waals surface area contributed by atoms with Crippen molar-refractivity contribution in [1.29, 1.82) is 0 Å². The summed E-state index contributed by atoms with van der Waals surface area (Å²) in [6.07, 6.45) is 1.31. The van der Waals surface area contributed by atoms with Crippen molar-refractivity contribution < 1.29 is 23.2 Å². The summed E-state index contributed by atoms with van der Waals surface area (Å²) in [7, 11) is 1.56. The first-order valence-corrected chi connectivity index (χ1v) is 11.7. The second-order valence-electron chi connectivity index (χ2n) is 8.74. The number of para-hydroxylation sites is 3. The number of amides is 2. The fraction of sp³-hybridized carbons (Fsp3) is 0.222. The number of rotatable bonds is 5. The molecular weight excluding hydrogens is 460 g/mol. The minimum atomic E-state index is -0.730. The lowest BCUT2D eigenvalue weighted by molar-refractivity contribution is -0.132. The van der Waals surface area contributed by atoms with Crippen molar-refractivity contribution in [3.8, 4) is 5.75 Å². The monoisotopic (exact) mass is 484 g/mol. The van der Waals surface area contributed by atoms with Gasteiger partial charge >= 0.3 is 0 Å².